The van der Waals surface area contributed by atoms with Crippen molar-refractivity contribution in [3.63, 3.8) is 0 Å². The van der Waals surface area contributed by atoms with Gasteiger partial charge in [-0.1, -0.05) is 18.2 Å². The Morgan fingerprint density at radius 2 is 1.95 bits per heavy atom. The van der Waals surface area contributed by atoms with Gasteiger partial charge in [-0.3, -0.25) is 19.5 Å². The molecule has 1 aromatic heterocycles. The number of aromatic nitrogens is 2. The van der Waals surface area contributed by atoms with Crippen molar-refractivity contribution in [2.24, 2.45) is 0 Å². The van der Waals surface area contributed by atoms with E-state index in [0.29, 0.717) is 38.8 Å². The maximum atomic E-state index is 13.3. The second-order valence-electron chi connectivity index (χ2n) is 10.0. The first-order valence-electron chi connectivity index (χ1n) is 13.1. The fraction of sp³-hybridized carbons (Fsp3) is 0.571. The summed E-state index contributed by atoms with van der Waals surface area (Å²) in [6.07, 6.45) is 4.76. The van der Waals surface area contributed by atoms with Crippen LogP contribution in [0.1, 0.15) is 54.6 Å². The molecule has 9 heteroatoms. The maximum Gasteiger partial charge on any atom is 0.260 e. The zero-order valence-electron chi connectivity index (χ0n) is 22.9. The summed E-state index contributed by atoms with van der Waals surface area (Å²) in [6.45, 7) is 4.93. The summed E-state index contributed by atoms with van der Waals surface area (Å²) in [7, 11) is 5.25. The molecule has 0 radical (unpaired) electrons. The van der Waals surface area contributed by atoms with Gasteiger partial charge in [-0.15, -0.1) is 0 Å². The molecule has 37 heavy (non-hydrogen) atoms. The molecule has 1 aromatic carbocycles. The first-order valence-corrected chi connectivity index (χ1v) is 13.1. The van der Waals surface area contributed by atoms with Crippen LogP contribution in [0, 0.1) is 13.8 Å². The summed E-state index contributed by atoms with van der Waals surface area (Å²) in [5.41, 5.74) is 4.08. The molecule has 3 amide bonds. The molecule has 202 valence electrons. The van der Waals surface area contributed by atoms with E-state index >= 15 is 0 Å². The Kier molecular flexibility index (Phi) is 10.1. The van der Waals surface area contributed by atoms with Crippen LogP contribution in [0.15, 0.2) is 24.3 Å². The minimum absolute atomic E-state index is 0.0508. The van der Waals surface area contributed by atoms with Crippen molar-refractivity contribution in [3.8, 4) is 5.75 Å². The highest BCUT2D eigenvalue weighted by molar-refractivity contribution is 5.88. The average molecular weight is 512 g/mol. The molecule has 0 bridgehead atoms. The van der Waals surface area contributed by atoms with E-state index < -0.39 is 6.04 Å². The summed E-state index contributed by atoms with van der Waals surface area (Å²) in [5.74, 6) is 0.458. The number of ether oxygens (including phenoxy) is 1. The highest BCUT2D eigenvalue weighted by Gasteiger charge is 2.29. The lowest BCUT2D eigenvalue weighted by Gasteiger charge is -2.31. The molecule has 2 heterocycles. The largest absolute Gasteiger partial charge is 0.483 e. The Balaban J connectivity index is 1.59. The van der Waals surface area contributed by atoms with Crippen LogP contribution in [0.25, 0.3) is 0 Å². The van der Waals surface area contributed by atoms with E-state index in [1.165, 1.54) is 4.90 Å². The van der Waals surface area contributed by atoms with Gasteiger partial charge in [0.2, 0.25) is 11.8 Å². The molecule has 0 spiro atoms. The molecule has 0 saturated carbocycles. The third-order valence-electron chi connectivity index (χ3n) is 7.30. The average Bonchev–Trinajstić information content (AvgIpc) is 3.21. The molecule has 0 aliphatic carbocycles. The first kappa shape index (κ1) is 28.2. The molecular formula is C28H41N5O4. The van der Waals surface area contributed by atoms with Gasteiger partial charge in [0.1, 0.15) is 11.8 Å². The molecule has 0 fully saturated rings. The van der Waals surface area contributed by atoms with E-state index in [-0.39, 0.29) is 24.3 Å². The van der Waals surface area contributed by atoms with Gasteiger partial charge in [0.05, 0.1) is 5.69 Å². The van der Waals surface area contributed by atoms with Crippen LogP contribution >= 0.6 is 0 Å². The van der Waals surface area contributed by atoms with Gasteiger partial charge in [0, 0.05) is 46.3 Å². The number of carbonyl (C=O) groups excluding carboxylic acids is 3. The topological polar surface area (TPSA) is 98.8 Å². The van der Waals surface area contributed by atoms with E-state index in [4.69, 9.17) is 4.74 Å². The second-order valence-corrected chi connectivity index (χ2v) is 10.0. The summed E-state index contributed by atoms with van der Waals surface area (Å²) < 4.78 is 5.87. The predicted molar refractivity (Wildman–Crippen MR) is 142 cm³/mol. The number of benzene rings is 1. The molecule has 1 atom stereocenters. The fourth-order valence-electron chi connectivity index (χ4n) is 4.79. The predicted octanol–water partition coefficient (Wildman–Crippen LogP) is 2.90. The number of nitrogens with zero attached hydrogens (tertiary/aromatic N) is 4. The highest BCUT2D eigenvalue weighted by Crippen LogP contribution is 2.21. The monoisotopic (exact) mass is 511 g/mol. The summed E-state index contributed by atoms with van der Waals surface area (Å²) in [6, 6.07) is 7.19. The van der Waals surface area contributed by atoms with E-state index in [0.717, 1.165) is 47.5 Å². The summed E-state index contributed by atoms with van der Waals surface area (Å²) in [4.78, 5) is 44.0. The van der Waals surface area contributed by atoms with Gasteiger partial charge in [-0.05, 0) is 69.6 Å². The number of likely N-dealkylation sites (N-methyl/N-ethyl adjacent to an activating group) is 2. The van der Waals surface area contributed by atoms with Crippen LogP contribution in [-0.4, -0.2) is 89.5 Å². The second kappa shape index (κ2) is 13.3. The summed E-state index contributed by atoms with van der Waals surface area (Å²) in [5, 5.41) is 7.15. The Morgan fingerprint density at radius 1 is 1.19 bits per heavy atom. The van der Waals surface area contributed by atoms with Gasteiger partial charge in [-0.2, -0.15) is 5.10 Å². The number of hydrogen-bond acceptors (Lipinski definition) is 5. The molecule has 1 N–H and O–H groups in total. The molecule has 1 aliphatic heterocycles. The van der Waals surface area contributed by atoms with Crippen molar-refractivity contribution in [2.75, 3.05) is 40.8 Å². The highest BCUT2D eigenvalue weighted by atomic mass is 16.5. The zero-order valence-corrected chi connectivity index (χ0v) is 22.9. The number of nitrogens with one attached hydrogen (secondary N) is 1. The van der Waals surface area contributed by atoms with Gasteiger partial charge in [0.25, 0.3) is 5.91 Å². The summed E-state index contributed by atoms with van der Waals surface area (Å²) >= 11 is 0. The lowest BCUT2D eigenvalue weighted by atomic mass is 10.1. The van der Waals surface area contributed by atoms with Crippen molar-refractivity contribution in [2.45, 2.75) is 64.8 Å². The standard InChI is InChI=1S/C28H41N5O4/c1-20-23(21(2)30-29-20)15-16-26(34)31(3)18-10-13-24-28(36)32(4)17-9-8-12-22-11-6-7-14-25(22)37-19-27(35)33(24)5/h6-7,11,14,24H,8-10,12-13,15-19H2,1-5H3,(H,29,30)/t24-/m0/s1. The van der Waals surface area contributed by atoms with Gasteiger partial charge in [0.15, 0.2) is 6.61 Å². The molecule has 1 aliphatic rings. The van der Waals surface area contributed by atoms with Crippen LogP contribution in [0.5, 0.6) is 5.75 Å². The Labute approximate surface area is 220 Å². The Hall–Kier alpha value is -3.36. The number of aromatic amines is 1. The van der Waals surface area contributed by atoms with Crippen molar-refractivity contribution in [1.82, 2.24) is 24.9 Å². The molecule has 3 rings (SSSR count). The Morgan fingerprint density at radius 3 is 2.68 bits per heavy atom. The van der Waals surface area contributed by atoms with Crippen molar-refractivity contribution in [3.05, 3.63) is 46.8 Å². The van der Waals surface area contributed by atoms with E-state index in [2.05, 4.69) is 10.2 Å². The van der Waals surface area contributed by atoms with E-state index in [1.807, 2.05) is 38.1 Å². The van der Waals surface area contributed by atoms with Crippen LogP contribution in [0.2, 0.25) is 0 Å². The molecule has 0 saturated heterocycles. The molecule has 9 nitrogen and oxygen atoms in total. The molecule has 2 aromatic rings. The quantitative estimate of drug-likeness (QED) is 0.616. The zero-order chi connectivity index (χ0) is 26.9. The number of para-hydroxylation sites is 1. The number of hydrogen-bond donors (Lipinski definition) is 1. The smallest absolute Gasteiger partial charge is 0.260 e. The van der Waals surface area contributed by atoms with Crippen molar-refractivity contribution in [1.29, 1.82) is 0 Å². The molecular weight excluding hydrogens is 470 g/mol. The number of amides is 3. The van der Waals surface area contributed by atoms with Crippen LogP contribution < -0.4 is 4.74 Å². The normalized spacial score (nSPS) is 17.4. The fourth-order valence-corrected chi connectivity index (χ4v) is 4.79. The van der Waals surface area contributed by atoms with E-state index in [1.54, 1.807) is 30.9 Å². The van der Waals surface area contributed by atoms with Crippen LogP contribution in [0.4, 0.5) is 0 Å². The van der Waals surface area contributed by atoms with Gasteiger partial charge in [-0.25, -0.2) is 0 Å². The number of carbonyl (C=O) groups is 3. The minimum atomic E-state index is -0.600. The number of fused-ring (bicyclic) bond motifs is 1. The van der Waals surface area contributed by atoms with E-state index in [9.17, 15) is 14.4 Å². The van der Waals surface area contributed by atoms with Crippen molar-refractivity contribution < 1.29 is 19.1 Å². The van der Waals surface area contributed by atoms with Crippen LogP contribution in [-0.2, 0) is 27.2 Å². The lowest BCUT2D eigenvalue weighted by molar-refractivity contribution is -0.145. The number of rotatable bonds is 7. The van der Waals surface area contributed by atoms with Gasteiger partial charge < -0.3 is 19.4 Å². The van der Waals surface area contributed by atoms with Crippen molar-refractivity contribution >= 4 is 17.7 Å². The number of aryl methyl sites for hydroxylation is 3. The lowest BCUT2D eigenvalue weighted by Crippen LogP contribution is -2.50. The van der Waals surface area contributed by atoms with Gasteiger partial charge >= 0.3 is 0 Å². The minimum Gasteiger partial charge on any atom is -0.483 e. The van der Waals surface area contributed by atoms with Crippen LogP contribution in [0.3, 0.4) is 0 Å². The maximum absolute atomic E-state index is 13.3. The third-order valence-corrected chi connectivity index (χ3v) is 7.30. The Bertz CT molecular complexity index is 1060. The third kappa shape index (κ3) is 7.57. The SMILES string of the molecule is Cc1n[nH]c(C)c1CCC(=O)N(C)CCC[C@H]1C(=O)N(C)CCCCc2ccccc2OCC(=O)N1C. The number of H-pyrrole nitrogens is 1. The molecule has 0 unspecified atom stereocenters. The first-order chi connectivity index (χ1) is 17.7.